The molecule has 0 aliphatic carbocycles. The van der Waals surface area contributed by atoms with Crippen molar-refractivity contribution in [3.05, 3.63) is 18.0 Å². The number of ether oxygens (including phenoxy) is 1. The van der Waals surface area contributed by atoms with Crippen molar-refractivity contribution < 1.29 is 4.74 Å². The van der Waals surface area contributed by atoms with Crippen LogP contribution in [0, 0.1) is 0 Å². The molecule has 0 saturated heterocycles. The van der Waals surface area contributed by atoms with E-state index in [1.54, 1.807) is 4.68 Å². The molecule has 0 amide bonds. The van der Waals surface area contributed by atoms with Crippen molar-refractivity contribution in [2.75, 3.05) is 13.2 Å². The third-order valence-electron chi connectivity index (χ3n) is 2.22. The zero-order valence-corrected chi connectivity index (χ0v) is 9.65. The summed E-state index contributed by atoms with van der Waals surface area (Å²) in [5.41, 5.74) is 7.02. The maximum absolute atomic E-state index is 5.97. The van der Waals surface area contributed by atoms with Crippen molar-refractivity contribution in [1.82, 2.24) is 9.78 Å². The Balaban J connectivity index is 2.15. The van der Waals surface area contributed by atoms with Gasteiger partial charge in [0.05, 0.1) is 5.69 Å². The fraction of sp³-hybridized carbons (Fsp3) is 0.727. The molecule has 15 heavy (non-hydrogen) atoms. The second-order valence-electron chi connectivity index (χ2n) is 3.85. The summed E-state index contributed by atoms with van der Waals surface area (Å²) in [4.78, 5) is 0. The van der Waals surface area contributed by atoms with Gasteiger partial charge in [0.15, 0.2) is 0 Å². The number of aryl methyl sites for hydroxylation is 1. The monoisotopic (exact) mass is 211 g/mol. The van der Waals surface area contributed by atoms with Crippen molar-refractivity contribution in [3.8, 4) is 0 Å². The molecule has 0 aliphatic rings. The summed E-state index contributed by atoms with van der Waals surface area (Å²) in [6, 6.07) is 2.16. The molecule has 1 aromatic heterocycles. The normalized spacial score (nSPS) is 13.0. The SMILES string of the molecule is CCCOCCC(N)Cc1ccn(C)n1. The van der Waals surface area contributed by atoms with Gasteiger partial charge in [-0.1, -0.05) is 6.92 Å². The fourth-order valence-electron chi connectivity index (χ4n) is 1.42. The van der Waals surface area contributed by atoms with Crippen molar-refractivity contribution in [2.45, 2.75) is 32.2 Å². The van der Waals surface area contributed by atoms with Crippen LogP contribution in [0.1, 0.15) is 25.5 Å². The van der Waals surface area contributed by atoms with Crippen LogP contribution in [0.5, 0.6) is 0 Å². The fourth-order valence-corrected chi connectivity index (χ4v) is 1.42. The zero-order chi connectivity index (χ0) is 11.1. The van der Waals surface area contributed by atoms with Crippen LogP contribution < -0.4 is 5.73 Å². The van der Waals surface area contributed by atoms with Gasteiger partial charge in [0.1, 0.15) is 0 Å². The topological polar surface area (TPSA) is 53.1 Å². The highest BCUT2D eigenvalue weighted by atomic mass is 16.5. The molecular formula is C11H21N3O. The molecule has 0 bridgehead atoms. The minimum absolute atomic E-state index is 0.150. The molecule has 0 aromatic carbocycles. The van der Waals surface area contributed by atoms with Gasteiger partial charge in [-0.3, -0.25) is 4.68 Å². The molecule has 1 atom stereocenters. The molecule has 0 saturated carbocycles. The summed E-state index contributed by atoms with van der Waals surface area (Å²) in [5.74, 6) is 0. The summed E-state index contributed by atoms with van der Waals surface area (Å²) in [6.07, 6.45) is 4.73. The van der Waals surface area contributed by atoms with Gasteiger partial charge in [0, 0.05) is 38.9 Å². The van der Waals surface area contributed by atoms with E-state index in [0.29, 0.717) is 0 Å². The third kappa shape index (κ3) is 4.95. The first kappa shape index (κ1) is 12.2. The van der Waals surface area contributed by atoms with E-state index in [2.05, 4.69) is 12.0 Å². The Bertz CT molecular complexity index is 273. The highest BCUT2D eigenvalue weighted by molar-refractivity contribution is 5.00. The minimum Gasteiger partial charge on any atom is -0.381 e. The first-order valence-corrected chi connectivity index (χ1v) is 5.54. The van der Waals surface area contributed by atoms with Crippen molar-refractivity contribution in [3.63, 3.8) is 0 Å². The summed E-state index contributed by atoms with van der Waals surface area (Å²) in [5, 5.41) is 4.29. The lowest BCUT2D eigenvalue weighted by atomic mass is 10.1. The van der Waals surface area contributed by atoms with E-state index >= 15 is 0 Å². The molecule has 0 aliphatic heterocycles. The molecule has 4 heteroatoms. The van der Waals surface area contributed by atoms with Gasteiger partial charge in [-0.05, 0) is 18.9 Å². The molecule has 86 valence electrons. The third-order valence-corrected chi connectivity index (χ3v) is 2.22. The molecule has 1 heterocycles. The second-order valence-corrected chi connectivity index (χ2v) is 3.85. The number of hydrogen-bond donors (Lipinski definition) is 1. The summed E-state index contributed by atoms with van der Waals surface area (Å²) < 4.78 is 7.19. The Morgan fingerprint density at radius 3 is 2.93 bits per heavy atom. The standard InChI is InChI=1S/C11H21N3O/c1-3-7-15-8-5-10(12)9-11-4-6-14(2)13-11/h4,6,10H,3,5,7-9,12H2,1-2H3. The van der Waals surface area contributed by atoms with E-state index in [1.807, 2.05) is 19.3 Å². The average Bonchev–Trinajstić information content (AvgIpc) is 2.59. The van der Waals surface area contributed by atoms with Crippen LogP contribution in [0.15, 0.2) is 12.3 Å². The Morgan fingerprint density at radius 2 is 2.33 bits per heavy atom. The quantitative estimate of drug-likeness (QED) is 0.687. The average molecular weight is 211 g/mol. The predicted molar refractivity (Wildman–Crippen MR) is 60.6 cm³/mol. The molecule has 0 fully saturated rings. The number of hydrogen-bond acceptors (Lipinski definition) is 3. The van der Waals surface area contributed by atoms with Crippen LogP contribution in [-0.4, -0.2) is 29.0 Å². The lowest BCUT2D eigenvalue weighted by molar-refractivity contribution is 0.127. The molecule has 1 aromatic rings. The van der Waals surface area contributed by atoms with Crippen LogP contribution in [0.25, 0.3) is 0 Å². The highest BCUT2D eigenvalue weighted by Crippen LogP contribution is 2.01. The van der Waals surface area contributed by atoms with Gasteiger partial charge >= 0.3 is 0 Å². The number of nitrogens with zero attached hydrogens (tertiary/aromatic N) is 2. The second kappa shape index (κ2) is 6.58. The smallest absolute Gasteiger partial charge is 0.0639 e. The molecule has 0 spiro atoms. The van der Waals surface area contributed by atoms with Crippen LogP contribution in [0.3, 0.4) is 0 Å². The maximum atomic E-state index is 5.97. The predicted octanol–water partition coefficient (Wildman–Crippen LogP) is 1.11. The van der Waals surface area contributed by atoms with Gasteiger partial charge in [-0.25, -0.2) is 0 Å². The van der Waals surface area contributed by atoms with Crippen LogP contribution in [0.2, 0.25) is 0 Å². The molecule has 1 rings (SSSR count). The Morgan fingerprint density at radius 1 is 1.53 bits per heavy atom. The lowest BCUT2D eigenvalue weighted by Crippen LogP contribution is -2.25. The highest BCUT2D eigenvalue weighted by Gasteiger charge is 2.05. The molecular weight excluding hydrogens is 190 g/mol. The number of aromatic nitrogens is 2. The summed E-state index contributed by atoms with van der Waals surface area (Å²) >= 11 is 0. The lowest BCUT2D eigenvalue weighted by Gasteiger charge is -2.09. The van der Waals surface area contributed by atoms with Gasteiger partial charge in [-0.15, -0.1) is 0 Å². The first-order chi connectivity index (χ1) is 7.22. The van der Waals surface area contributed by atoms with Crippen molar-refractivity contribution >= 4 is 0 Å². The molecule has 1 unspecified atom stereocenters. The maximum Gasteiger partial charge on any atom is 0.0639 e. The Hall–Kier alpha value is -0.870. The van der Waals surface area contributed by atoms with Crippen LogP contribution in [0.4, 0.5) is 0 Å². The van der Waals surface area contributed by atoms with Gasteiger partial charge < -0.3 is 10.5 Å². The Kier molecular flexibility index (Phi) is 5.36. The molecule has 0 radical (unpaired) electrons. The van der Waals surface area contributed by atoms with E-state index in [9.17, 15) is 0 Å². The van der Waals surface area contributed by atoms with E-state index in [-0.39, 0.29) is 6.04 Å². The number of rotatable bonds is 7. The van der Waals surface area contributed by atoms with E-state index in [4.69, 9.17) is 10.5 Å². The minimum atomic E-state index is 0.150. The van der Waals surface area contributed by atoms with Crippen LogP contribution >= 0.6 is 0 Å². The largest absolute Gasteiger partial charge is 0.381 e. The van der Waals surface area contributed by atoms with E-state index in [0.717, 1.165) is 38.2 Å². The van der Waals surface area contributed by atoms with Crippen molar-refractivity contribution in [1.29, 1.82) is 0 Å². The summed E-state index contributed by atoms with van der Waals surface area (Å²) in [7, 11) is 1.92. The van der Waals surface area contributed by atoms with E-state index in [1.165, 1.54) is 0 Å². The summed E-state index contributed by atoms with van der Waals surface area (Å²) in [6.45, 7) is 3.69. The Labute approximate surface area is 91.4 Å². The van der Waals surface area contributed by atoms with Gasteiger partial charge in [0.2, 0.25) is 0 Å². The van der Waals surface area contributed by atoms with Crippen molar-refractivity contribution in [2.24, 2.45) is 12.8 Å². The molecule has 2 N–H and O–H groups in total. The van der Waals surface area contributed by atoms with Gasteiger partial charge in [-0.2, -0.15) is 5.10 Å². The first-order valence-electron chi connectivity index (χ1n) is 5.54. The zero-order valence-electron chi connectivity index (χ0n) is 9.65. The van der Waals surface area contributed by atoms with Gasteiger partial charge in [0.25, 0.3) is 0 Å². The van der Waals surface area contributed by atoms with E-state index < -0.39 is 0 Å². The molecule has 4 nitrogen and oxygen atoms in total. The van der Waals surface area contributed by atoms with Crippen LogP contribution in [-0.2, 0) is 18.2 Å². The number of nitrogens with two attached hydrogens (primary N) is 1.